The first-order valence-electron chi connectivity index (χ1n) is 8.36. The lowest BCUT2D eigenvalue weighted by Crippen LogP contribution is -2.22. The molecule has 4 nitrogen and oxygen atoms in total. The Morgan fingerprint density at radius 1 is 1.12 bits per heavy atom. The summed E-state index contributed by atoms with van der Waals surface area (Å²) >= 11 is 7.79. The SMILES string of the molecule is CCc1cccc(Cc2cnn(-c3nc4ccccc4s3)c(=O)c2Cl)c1. The number of aromatic nitrogens is 3. The van der Waals surface area contributed by atoms with Crippen molar-refractivity contribution < 1.29 is 0 Å². The zero-order valence-electron chi connectivity index (χ0n) is 14.1. The monoisotopic (exact) mass is 381 g/mol. The van der Waals surface area contributed by atoms with Crippen molar-refractivity contribution in [2.45, 2.75) is 19.8 Å². The van der Waals surface area contributed by atoms with Gasteiger partial charge in [-0.05, 0) is 29.7 Å². The van der Waals surface area contributed by atoms with Crippen LogP contribution in [0.25, 0.3) is 15.3 Å². The molecule has 0 atom stereocenters. The molecule has 6 heteroatoms. The molecule has 0 fully saturated rings. The number of para-hydroxylation sites is 1. The minimum atomic E-state index is -0.338. The van der Waals surface area contributed by atoms with E-state index in [0.29, 0.717) is 11.6 Å². The van der Waals surface area contributed by atoms with Crippen molar-refractivity contribution in [1.29, 1.82) is 0 Å². The summed E-state index contributed by atoms with van der Waals surface area (Å²) in [6.07, 6.45) is 3.21. The zero-order valence-corrected chi connectivity index (χ0v) is 15.7. The quantitative estimate of drug-likeness (QED) is 0.517. The van der Waals surface area contributed by atoms with Gasteiger partial charge in [-0.1, -0.05) is 66.3 Å². The highest BCUT2D eigenvalue weighted by molar-refractivity contribution is 7.20. The van der Waals surface area contributed by atoms with Gasteiger partial charge in [-0.3, -0.25) is 4.79 Å². The van der Waals surface area contributed by atoms with Gasteiger partial charge in [-0.15, -0.1) is 0 Å². The Bertz CT molecular complexity index is 1120. The molecule has 2 aromatic heterocycles. The first-order chi connectivity index (χ1) is 12.7. The fourth-order valence-electron chi connectivity index (χ4n) is 2.86. The van der Waals surface area contributed by atoms with Gasteiger partial charge >= 0.3 is 0 Å². The molecule has 4 rings (SSSR count). The van der Waals surface area contributed by atoms with E-state index in [1.807, 2.05) is 36.4 Å². The van der Waals surface area contributed by atoms with E-state index >= 15 is 0 Å². The predicted molar refractivity (Wildman–Crippen MR) is 107 cm³/mol. The summed E-state index contributed by atoms with van der Waals surface area (Å²) in [6, 6.07) is 16.0. The van der Waals surface area contributed by atoms with Crippen molar-refractivity contribution in [3.63, 3.8) is 0 Å². The molecule has 2 heterocycles. The molecular weight excluding hydrogens is 366 g/mol. The highest BCUT2D eigenvalue weighted by atomic mass is 35.5. The minimum Gasteiger partial charge on any atom is -0.266 e. The fraction of sp³-hybridized carbons (Fsp3) is 0.150. The number of rotatable bonds is 4. The molecule has 0 N–H and O–H groups in total. The van der Waals surface area contributed by atoms with Crippen LogP contribution < -0.4 is 5.56 Å². The average Bonchev–Trinajstić information content (AvgIpc) is 3.09. The minimum absolute atomic E-state index is 0.196. The fourth-order valence-corrected chi connectivity index (χ4v) is 3.97. The average molecular weight is 382 g/mol. The lowest BCUT2D eigenvalue weighted by atomic mass is 10.0. The largest absolute Gasteiger partial charge is 0.292 e. The third-order valence-corrected chi connectivity index (χ3v) is 5.67. The van der Waals surface area contributed by atoms with Crippen molar-refractivity contribution in [2.24, 2.45) is 0 Å². The maximum atomic E-state index is 12.7. The smallest absolute Gasteiger partial charge is 0.266 e. The number of nitrogens with zero attached hydrogens (tertiary/aromatic N) is 3. The molecule has 0 aliphatic rings. The number of fused-ring (bicyclic) bond motifs is 1. The van der Waals surface area contributed by atoms with Gasteiger partial charge in [0.25, 0.3) is 5.56 Å². The standard InChI is InChI=1S/C20H16ClN3OS/c1-2-13-6-5-7-14(10-13)11-15-12-22-24(19(25)18(15)21)20-23-16-8-3-4-9-17(16)26-20/h3-10,12H,2,11H2,1H3. The van der Waals surface area contributed by atoms with Gasteiger partial charge in [0.2, 0.25) is 5.13 Å². The highest BCUT2D eigenvalue weighted by Gasteiger charge is 2.14. The summed E-state index contributed by atoms with van der Waals surface area (Å²) in [5, 5.41) is 5.03. The molecule has 0 aliphatic carbocycles. The van der Waals surface area contributed by atoms with Crippen LogP contribution in [0.3, 0.4) is 0 Å². The van der Waals surface area contributed by atoms with E-state index in [4.69, 9.17) is 11.6 Å². The van der Waals surface area contributed by atoms with Crippen molar-refractivity contribution >= 4 is 33.2 Å². The normalized spacial score (nSPS) is 11.2. The van der Waals surface area contributed by atoms with Crippen LogP contribution >= 0.6 is 22.9 Å². The molecule has 0 amide bonds. The third kappa shape index (κ3) is 3.16. The maximum Gasteiger partial charge on any atom is 0.292 e. The van der Waals surface area contributed by atoms with Crippen LogP contribution in [0.4, 0.5) is 0 Å². The second kappa shape index (κ2) is 7.02. The summed E-state index contributed by atoms with van der Waals surface area (Å²) in [4.78, 5) is 17.2. The van der Waals surface area contributed by atoms with Crippen LogP contribution in [0.1, 0.15) is 23.6 Å². The Kier molecular flexibility index (Phi) is 4.57. The molecule has 0 saturated carbocycles. The molecule has 4 aromatic rings. The van der Waals surface area contributed by atoms with Gasteiger partial charge < -0.3 is 0 Å². The summed E-state index contributed by atoms with van der Waals surface area (Å²) in [5.41, 5.74) is 3.61. The van der Waals surface area contributed by atoms with E-state index < -0.39 is 0 Å². The first kappa shape index (κ1) is 16.9. The topological polar surface area (TPSA) is 47.8 Å². The lowest BCUT2D eigenvalue weighted by Gasteiger charge is -2.07. The van der Waals surface area contributed by atoms with Crippen LogP contribution in [0.2, 0.25) is 5.02 Å². The highest BCUT2D eigenvalue weighted by Crippen LogP contribution is 2.24. The Morgan fingerprint density at radius 2 is 1.92 bits per heavy atom. The number of hydrogen-bond donors (Lipinski definition) is 0. The number of halogens is 1. The Labute approximate surface area is 159 Å². The van der Waals surface area contributed by atoms with Gasteiger partial charge in [-0.25, -0.2) is 4.98 Å². The van der Waals surface area contributed by atoms with Crippen molar-refractivity contribution in [3.05, 3.63) is 86.8 Å². The summed E-state index contributed by atoms with van der Waals surface area (Å²) in [6.45, 7) is 2.12. The number of thiazole rings is 1. The van der Waals surface area contributed by atoms with Crippen molar-refractivity contribution in [2.75, 3.05) is 0 Å². The number of benzene rings is 2. The lowest BCUT2D eigenvalue weighted by molar-refractivity contribution is 0.791. The summed E-state index contributed by atoms with van der Waals surface area (Å²) in [5.74, 6) is 0. The van der Waals surface area contributed by atoms with E-state index in [-0.39, 0.29) is 10.6 Å². The molecule has 0 bridgehead atoms. The molecule has 130 valence electrons. The summed E-state index contributed by atoms with van der Waals surface area (Å²) < 4.78 is 2.28. The van der Waals surface area contributed by atoms with Crippen LogP contribution in [0, 0.1) is 0 Å². The van der Waals surface area contributed by atoms with Gasteiger partial charge in [0.05, 0.1) is 16.4 Å². The van der Waals surface area contributed by atoms with E-state index in [2.05, 4.69) is 29.1 Å². The third-order valence-electron chi connectivity index (χ3n) is 4.25. The predicted octanol–water partition coefficient (Wildman–Crippen LogP) is 4.65. The van der Waals surface area contributed by atoms with Gasteiger partial charge in [-0.2, -0.15) is 9.78 Å². The molecule has 26 heavy (non-hydrogen) atoms. The Hall–Kier alpha value is -2.50. The zero-order chi connectivity index (χ0) is 18.1. The number of hydrogen-bond acceptors (Lipinski definition) is 4. The van der Waals surface area contributed by atoms with E-state index in [9.17, 15) is 4.79 Å². The van der Waals surface area contributed by atoms with Crippen molar-refractivity contribution in [1.82, 2.24) is 14.8 Å². The first-order valence-corrected chi connectivity index (χ1v) is 9.55. The molecule has 0 unspecified atom stereocenters. The van der Waals surface area contributed by atoms with E-state index in [1.54, 1.807) is 6.20 Å². The van der Waals surface area contributed by atoms with Crippen LogP contribution in [0.15, 0.2) is 59.5 Å². The maximum absolute atomic E-state index is 12.7. The van der Waals surface area contributed by atoms with Crippen molar-refractivity contribution in [3.8, 4) is 5.13 Å². The number of aryl methyl sites for hydroxylation is 1. The second-order valence-corrected chi connectivity index (χ2v) is 7.40. The molecule has 0 saturated heterocycles. The van der Waals surface area contributed by atoms with Crippen LogP contribution in [0.5, 0.6) is 0 Å². The van der Waals surface area contributed by atoms with Gasteiger partial charge in [0, 0.05) is 12.0 Å². The molecule has 2 aromatic carbocycles. The van der Waals surface area contributed by atoms with E-state index in [0.717, 1.165) is 27.8 Å². The Balaban J connectivity index is 1.71. The van der Waals surface area contributed by atoms with E-state index in [1.165, 1.54) is 21.6 Å². The Morgan fingerprint density at radius 3 is 2.73 bits per heavy atom. The van der Waals surface area contributed by atoms with Gasteiger partial charge in [0.15, 0.2) is 0 Å². The van der Waals surface area contributed by atoms with Crippen LogP contribution in [-0.2, 0) is 12.8 Å². The molecule has 0 aliphatic heterocycles. The second-order valence-electron chi connectivity index (χ2n) is 6.02. The van der Waals surface area contributed by atoms with Crippen LogP contribution in [-0.4, -0.2) is 14.8 Å². The molecular formula is C20H16ClN3OS. The summed E-state index contributed by atoms with van der Waals surface area (Å²) in [7, 11) is 0. The molecule has 0 radical (unpaired) electrons. The van der Waals surface area contributed by atoms with Gasteiger partial charge in [0.1, 0.15) is 5.02 Å². The molecule has 0 spiro atoms.